The Kier molecular flexibility index (Phi) is 5.04. The lowest BCUT2D eigenvalue weighted by molar-refractivity contribution is -0.138. The number of hydrogen-bond donors (Lipinski definition) is 1. The molecule has 116 valence electrons. The van der Waals surface area contributed by atoms with Gasteiger partial charge in [0.15, 0.2) is 0 Å². The molecule has 4 nitrogen and oxygen atoms in total. The summed E-state index contributed by atoms with van der Waals surface area (Å²) in [6.45, 7) is 0. The summed E-state index contributed by atoms with van der Waals surface area (Å²) in [7, 11) is 5.51. The first-order chi connectivity index (χ1) is 10.5. The van der Waals surface area contributed by atoms with E-state index in [9.17, 15) is 9.90 Å². The first-order valence-electron chi connectivity index (χ1n) is 7.15. The Balaban J connectivity index is 2.28. The van der Waals surface area contributed by atoms with Crippen LogP contribution in [-0.2, 0) is 11.2 Å². The van der Waals surface area contributed by atoms with Gasteiger partial charge in [-0.05, 0) is 35.7 Å². The van der Waals surface area contributed by atoms with E-state index < -0.39 is 11.9 Å². The van der Waals surface area contributed by atoms with E-state index in [4.69, 9.17) is 4.74 Å². The molecule has 2 rings (SSSR count). The summed E-state index contributed by atoms with van der Waals surface area (Å²) >= 11 is 0. The third-order valence-electron chi connectivity index (χ3n) is 3.73. The lowest BCUT2D eigenvalue weighted by Crippen LogP contribution is -2.15. The molecule has 0 amide bonds. The van der Waals surface area contributed by atoms with E-state index in [1.54, 1.807) is 7.11 Å². The fourth-order valence-electron chi connectivity index (χ4n) is 2.44. The molecule has 1 N–H and O–H groups in total. The van der Waals surface area contributed by atoms with E-state index in [1.165, 1.54) is 0 Å². The standard InChI is InChI=1S/C18H21NO3/c1-19(2)15-10-8-13(9-11-15)16(18(20)21)12-14-6-4-5-7-17(14)22-3/h4-11,16H,12H2,1-3H3,(H,20,21). The molecule has 0 fully saturated rings. The smallest absolute Gasteiger partial charge is 0.311 e. The van der Waals surface area contributed by atoms with Gasteiger partial charge in [0.2, 0.25) is 0 Å². The van der Waals surface area contributed by atoms with Gasteiger partial charge in [0, 0.05) is 19.8 Å². The molecule has 0 aliphatic carbocycles. The van der Waals surface area contributed by atoms with Crippen molar-refractivity contribution in [1.29, 1.82) is 0 Å². The molecular formula is C18H21NO3. The van der Waals surface area contributed by atoms with Crippen molar-refractivity contribution in [2.75, 3.05) is 26.1 Å². The van der Waals surface area contributed by atoms with Gasteiger partial charge in [-0.2, -0.15) is 0 Å². The lowest BCUT2D eigenvalue weighted by atomic mass is 9.91. The molecule has 0 bridgehead atoms. The van der Waals surface area contributed by atoms with Crippen LogP contribution in [-0.4, -0.2) is 32.3 Å². The molecule has 0 saturated heterocycles. The zero-order valence-corrected chi connectivity index (χ0v) is 13.1. The number of carboxylic acid groups (broad SMARTS) is 1. The second-order valence-corrected chi connectivity index (χ2v) is 5.39. The second kappa shape index (κ2) is 6.98. The van der Waals surface area contributed by atoms with Crippen LogP contribution in [0.1, 0.15) is 17.0 Å². The summed E-state index contributed by atoms with van der Waals surface area (Å²) in [6, 6.07) is 15.2. The predicted octanol–water partition coefficient (Wildman–Crippen LogP) is 3.17. The van der Waals surface area contributed by atoms with Crippen LogP contribution in [0, 0.1) is 0 Å². The highest BCUT2D eigenvalue weighted by Crippen LogP contribution is 2.27. The summed E-state index contributed by atoms with van der Waals surface area (Å²) in [5.74, 6) is -0.699. The molecule has 0 saturated carbocycles. The number of benzene rings is 2. The van der Waals surface area contributed by atoms with Crippen molar-refractivity contribution in [3.63, 3.8) is 0 Å². The van der Waals surface area contributed by atoms with Crippen LogP contribution in [0.4, 0.5) is 5.69 Å². The van der Waals surface area contributed by atoms with E-state index in [0.29, 0.717) is 6.42 Å². The second-order valence-electron chi connectivity index (χ2n) is 5.39. The van der Waals surface area contributed by atoms with E-state index in [-0.39, 0.29) is 0 Å². The van der Waals surface area contributed by atoms with E-state index in [1.807, 2.05) is 67.5 Å². The molecule has 1 atom stereocenters. The molecule has 1 unspecified atom stereocenters. The number of carbonyl (C=O) groups is 1. The number of para-hydroxylation sites is 1. The summed E-state index contributed by atoms with van der Waals surface area (Å²) in [5, 5.41) is 9.58. The summed E-state index contributed by atoms with van der Waals surface area (Å²) in [5.41, 5.74) is 2.74. The zero-order valence-electron chi connectivity index (χ0n) is 13.1. The first kappa shape index (κ1) is 15.9. The van der Waals surface area contributed by atoms with Crippen LogP contribution >= 0.6 is 0 Å². The average Bonchev–Trinajstić information content (AvgIpc) is 2.52. The molecule has 2 aromatic carbocycles. The fourth-order valence-corrected chi connectivity index (χ4v) is 2.44. The highest BCUT2D eigenvalue weighted by molar-refractivity contribution is 5.77. The van der Waals surface area contributed by atoms with Crippen LogP contribution in [0.5, 0.6) is 5.75 Å². The molecule has 22 heavy (non-hydrogen) atoms. The Bertz CT molecular complexity index is 635. The number of rotatable bonds is 6. The Labute approximate surface area is 131 Å². The maximum Gasteiger partial charge on any atom is 0.311 e. The number of hydrogen-bond acceptors (Lipinski definition) is 3. The largest absolute Gasteiger partial charge is 0.496 e. The predicted molar refractivity (Wildman–Crippen MR) is 87.8 cm³/mol. The molecular weight excluding hydrogens is 278 g/mol. The minimum atomic E-state index is -0.830. The Morgan fingerprint density at radius 2 is 1.77 bits per heavy atom. The Morgan fingerprint density at radius 1 is 1.14 bits per heavy atom. The van der Waals surface area contributed by atoms with Crippen LogP contribution in [0.25, 0.3) is 0 Å². The maximum atomic E-state index is 11.7. The normalized spacial score (nSPS) is 11.8. The van der Waals surface area contributed by atoms with Gasteiger partial charge in [0.1, 0.15) is 5.75 Å². The van der Waals surface area contributed by atoms with Gasteiger partial charge >= 0.3 is 5.97 Å². The van der Waals surface area contributed by atoms with E-state index >= 15 is 0 Å². The number of aliphatic carboxylic acids is 1. The average molecular weight is 299 g/mol. The SMILES string of the molecule is COc1ccccc1CC(C(=O)O)c1ccc(N(C)C)cc1. The van der Waals surface area contributed by atoms with Crippen molar-refractivity contribution in [3.8, 4) is 5.75 Å². The van der Waals surface area contributed by atoms with Crippen LogP contribution in [0.3, 0.4) is 0 Å². The van der Waals surface area contributed by atoms with E-state index in [0.717, 1.165) is 22.6 Å². The molecule has 0 spiro atoms. The van der Waals surface area contributed by atoms with Crippen molar-refractivity contribution in [3.05, 3.63) is 59.7 Å². The highest BCUT2D eigenvalue weighted by Gasteiger charge is 2.21. The quantitative estimate of drug-likeness (QED) is 0.890. The molecule has 0 aromatic heterocycles. The van der Waals surface area contributed by atoms with Crippen molar-refractivity contribution in [2.45, 2.75) is 12.3 Å². The van der Waals surface area contributed by atoms with Crippen molar-refractivity contribution in [2.24, 2.45) is 0 Å². The van der Waals surface area contributed by atoms with Crippen LogP contribution in [0.2, 0.25) is 0 Å². The number of nitrogens with zero attached hydrogens (tertiary/aromatic N) is 1. The Morgan fingerprint density at radius 3 is 2.32 bits per heavy atom. The number of carboxylic acids is 1. The Hall–Kier alpha value is -2.49. The monoisotopic (exact) mass is 299 g/mol. The van der Waals surface area contributed by atoms with Gasteiger partial charge in [-0.25, -0.2) is 0 Å². The van der Waals surface area contributed by atoms with Crippen LogP contribution in [0.15, 0.2) is 48.5 Å². The molecule has 0 radical (unpaired) electrons. The van der Waals surface area contributed by atoms with Crippen molar-refractivity contribution >= 4 is 11.7 Å². The third kappa shape index (κ3) is 3.58. The van der Waals surface area contributed by atoms with Gasteiger partial charge in [-0.15, -0.1) is 0 Å². The molecule has 4 heteroatoms. The van der Waals surface area contributed by atoms with Gasteiger partial charge in [0.05, 0.1) is 13.0 Å². The maximum absolute atomic E-state index is 11.7. The minimum absolute atomic E-state index is 0.403. The van der Waals surface area contributed by atoms with Gasteiger partial charge in [-0.1, -0.05) is 30.3 Å². The van der Waals surface area contributed by atoms with Crippen molar-refractivity contribution in [1.82, 2.24) is 0 Å². The number of ether oxygens (including phenoxy) is 1. The third-order valence-corrected chi connectivity index (χ3v) is 3.73. The molecule has 0 aliphatic rings. The molecule has 0 heterocycles. The van der Waals surface area contributed by atoms with Gasteiger partial charge in [-0.3, -0.25) is 4.79 Å². The zero-order chi connectivity index (χ0) is 16.1. The number of methoxy groups -OCH3 is 1. The molecule has 2 aromatic rings. The molecule has 0 aliphatic heterocycles. The summed E-state index contributed by atoms with van der Waals surface area (Å²) < 4.78 is 5.31. The first-order valence-corrected chi connectivity index (χ1v) is 7.15. The summed E-state index contributed by atoms with van der Waals surface area (Å²) in [6.07, 6.45) is 0.403. The van der Waals surface area contributed by atoms with Gasteiger partial charge < -0.3 is 14.7 Å². The van der Waals surface area contributed by atoms with E-state index in [2.05, 4.69) is 0 Å². The minimum Gasteiger partial charge on any atom is -0.496 e. The van der Waals surface area contributed by atoms with Crippen LogP contribution < -0.4 is 9.64 Å². The van der Waals surface area contributed by atoms with Gasteiger partial charge in [0.25, 0.3) is 0 Å². The number of anilines is 1. The fraction of sp³-hybridized carbons (Fsp3) is 0.278. The topological polar surface area (TPSA) is 49.8 Å². The summed E-state index contributed by atoms with van der Waals surface area (Å²) in [4.78, 5) is 13.7. The lowest BCUT2D eigenvalue weighted by Gasteiger charge is -2.17. The highest BCUT2D eigenvalue weighted by atomic mass is 16.5. The van der Waals surface area contributed by atoms with Crippen molar-refractivity contribution < 1.29 is 14.6 Å².